The van der Waals surface area contributed by atoms with Crippen molar-refractivity contribution in [2.45, 2.75) is 0 Å². The Hall–Kier alpha value is -1.54. The molecule has 0 N–H and O–H groups in total. The Morgan fingerprint density at radius 1 is 1.00 bits per heavy atom. The number of thioether (sulfide) groups is 1. The Balaban J connectivity index is 2.37. The zero-order valence-corrected chi connectivity index (χ0v) is 14.3. The van der Waals surface area contributed by atoms with Crippen LogP contribution in [0.1, 0.15) is 5.56 Å². The molecule has 0 fully saturated rings. The summed E-state index contributed by atoms with van der Waals surface area (Å²) in [5.74, 6) is 0. The van der Waals surface area contributed by atoms with Crippen LogP contribution in [0.4, 0.5) is 0 Å². The molecule has 0 heterocycles. The first-order valence-corrected chi connectivity index (χ1v) is 9.46. The number of carbonyl (C=O) groups is 1. The molecule has 0 saturated carbocycles. The van der Waals surface area contributed by atoms with E-state index in [2.05, 4.69) is 42.5 Å². The third-order valence-electron chi connectivity index (χ3n) is 2.75. The van der Waals surface area contributed by atoms with E-state index in [1.807, 2.05) is 30.5 Å². The SMILES string of the molecule is CSC(=C\C=O)/C(=C\c1ccccc1)[Se]c1ccccc1. The molecule has 0 saturated heterocycles. The second-order valence-electron chi connectivity index (χ2n) is 4.21. The van der Waals surface area contributed by atoms with Crippen LogP contribution in [0.2, 0.25) is 0 Å². The molecule has 0 atom stereocenters. The van der Waals surface area contributed by atoms with Crippen LogP contribution in [-0.2, 0) is 4.79 Å². The van der Waals surface area contributed by atoms with Crippen LogP contribution in [0, 0.1) is 0 Å². The van der Waals surface area contributed by atoms with Gasteiger partial charge in [-0.2, -0.15) is 0 Å². The van der Waals surface area contributed by atoms with Gasteiger partial charge in [0, 0.05) is 0 Å². The van der Waals surface area contributed by atoms with Crippen molar-refractivity contribution in [3.05, 3.63) is 81.7 Å². The summed E-state index contributed by atoms with van der Waals surface area (Å²) in [6.07, 6.45) is 6.71. The van der Waals surface area contributed by atoms with Gasteiger partial charge in [-0.3, -0.25) is 0 Å². The maximum absolute atomic E-state index is 10.9. The zero-order chi connectivity index (χ0) is 14.9. The van der Waals surface area contributed by atoms with Crippen LogP contribution < -0.4 is 4.46 Å². The third kappa shape index (κ3) is 5.05. The second-order valence-corrected chi connectivity index (χ2v) is 7.39. The number of hydrogen-bond donors (Lipinski definition) is 0. The summed E-state index contributed by atoms with van der Waals surface area (Å²) in [5, 5.41) is 0. The van der Waals surface area contributed by atoms with Crippen LogP contribution in [0.15, 0.2) is 76.1 Å². The number of benzene rings is 2. The van der Waals surface area contributed by atoms with Crippen molar-refractivity contribution >= 4 is 43.5 Å². The van der Waals surface area contributed by atoms with Crippen molar-refractivity contribution in [2.24, 2.45) is 0 Å². The first kappa shape index (κ1) is 15.8. The molecule has 21 heavy (non-hydrogen) atoms. The molecule has 0 aliphatic rings. The molecular weight excluding hydrogens is 343 g/mol. The molecule has 0 aromatic heterocycles. The Morgan fingerprint density at radius 3 is 2.19 bits per heavy atom. The van der Waals surface area contributed by atoms with E-state index >= 15 is 0 Å². The van der Waals surface area contributed by atoms with Gasteiger partial charge in [0.05, 0.1) is 0 Å². The van der Waals surface area contributed by atoms with Crippen molar-refractivity contribution in [3.8, 4) is 0 Å². The minimum atomic E-state index is 0.176. The van der Waals surface area contributed by atoms with Crippen molar-refractivity contribution < 1.29 is 4.79 Å². The molecule has 0 radical (unpaired) electrons. The van der Waals surface area contributed by atoms with Gasteiger partial charge in [0.1, 0.15) is 0 Å². The second kappa shape index (κ2) is 8.68. The normalized spacial score (nSPS) is 12.2. The molecule has 2 rings (SSSR count). The molecule has 0 bridgehead atoms. The molecule has 2 aromatic carbocycles. The van der Waals surface area contributed by atoms with Crippen LogP contribution in [0.25, 0.3) is 6.08 Å². The summed E-state index contributed by atoms with van der Waals surface area (Å²) in [7, 11) is 0. The zero-order valence-electron chi connectivity index (χ0n) is 11.7. The van der Waals surface area contributed by atoms with Gasteiger partial charge in [-0.1, -0.05) is 0 Å². The molecular formula is C18H16OSSe. The Labute approximate surface area is 136 Å². The average Bonchev–Trinajstić information content (AvgIpc) is 2.54. The number of carbonyl (C=O) groups excluding carboxylic acids is 1. The predicted octanol–water partition coefficient (Wildman–Crippen LogP) is 3.50. The summed E-state index contributed by atoms with van der Waals surface area (Å²) in [6.45, 7) is 0. The molecule has 3 heteroatoms. The summed E-state index contributed by atoms with van der Waals surface area (Å²) in [4.78, 5) is 11.9. The summed E-state index contributed by atoms with van der Waals surface area (Å²) < 4.78 is 2.53. The molecule has 2 aromatic rings. The van der Waals surface area contributed by atoms with E-state index in [9.17, 15) is 4.79 Å². The van der Waals surface area contributed by atoms with Gasteiger partial charge in [-0.25, -0.2) is 0 Å². The van der Waals surface area contributed by atoms with E-state index in [0.717, 1.165) is 16.8 Å². The summed E-state index contributed by atoms with van der Waals surface area (Å²) in [6, 6.07) is 20.6. The quantitative estimate of drug-likeness (QED) is 0.340. The Bertz CT molecular complexity index is 633. The van der Waals surface area contributed by atoms with Crippen LogP contribution in [-0.4, -0.2) is 27.5 Å². The number of allylic oxidation sites excluding steroid dienone is 2. The number of aldehydes is 1. The van der Waals surface area contributed by atoms with Crippen LogP contribution in [0.5, 0.6) is 0 Å². The fraction of sp³-hybridized carbons (Fsp3) is 0.0556. The molecule has 0 aliphatic heterocycles. The number of hydrogen-bond acceptors (Lipinski definition) is 2. The molecule has 1 nitrogen and oxygen atoms in total. The molecule has 0 unspecified atom stereocenters. The van der Waals surface area contributed by atoms with Crippen LogP contribution >= 0.6 is 11.8 Å². The summed E-state index contributed by atoms with van der Waals surface area (Å²) >= 11 is 1.79. The maximum atomic E-state index is 10.9. The van der Waals surface area contributed by atoms with Gasteiger partial charge in [-0.15, -0.1) is 0 Å². The fourth-order valence-electron chi connectivity index (χ4n) is 1.78. The van der Waals surface area contributed by atoms with Gasteiger partial charge in [-0.05, 0) is 0 Å². The Kier molecular flexibility index (Phi) is 6.55. The van der Waals surface area contributed by atoms with Crippen molar-refractivity contribution in [1.82, 2.24) is 0 Å². The monoisotopic (exact) mass is 360 g/mol. The topological polar surface area (TPSA) is 17.1 Å². The van der Waals surface area contributed by atoms with Crippen molar-refractivity contribution in [2.75, 3.05) is 6.26 Å². The summed E-state index contributed by atoms with van der Waals surface area (Å²) in [5.41, 5.74) is 1.16. The molecule has 0 spiro atoms. The van der Waals surface area contributed by atoms with Gasteiger partial charge < -0.3 is 0 Å². The van der Waals surface area contributed by atoms with Gasteiger partial charge in [0.25, 0.3) is 0 Å². The average molecular weight is 359 g/mol. The van der Waals surface area contributed by atoms with E-state index in [4.69, 9.17) is 0 Å². The first-order valence-electron chi connectivity index (χ1n) is 6.53. The van der Waals surface area contributed by atoms with Crippen LogP contribution in [0.3, 0.4) is 0 Å². The molecule has 0 amide bonds. The van der Waals surface area contributed by atoms with E-state index in [-0.39, 0.29) is 15.0 Å². The van der Waals surface area contributed by atoms with E-state index in [1.165, 1.54) is 8.93 Å². The molecule has 0 aliphatic carbocycles. The predicted molar refractivity (Wildman–Crippen MR) is 93.9 cm³/mol. The third-order valence-corrected chi connectivity index (χ3v) is 6.07. The first-order chi connectivity index (χ1) is 10.3. The van der Waals surface area contributed by atoms with E-state index in [1.54, 1.807) is 17.8 Å². The van der Waals surface area contributed by atoms with Gasteiger partial charge >= 0.3 is 136 Å². The van der Waals surface area contributed by atoms with E-state index < -0.39 is 0 Å². The Morgan fingerprint density at radius 2 is 1.62 bits per heavy atom. The minimum absolute atomic E-state index is 0.176. The molecule has 106 valence electrons. The number of rotatable bonds is 6. The fourth-order valence-corrected chi connectivity index (χ4v) is 4.88. The van der Waals surface area contributed by atoms with Crippen molar-refractivity contribution in [3.63, 3.8) is 0 Å². The van der Waals surface area contributed by atoms with E-state index in [0.29, 0.717) is 0 Å². The van der Waals surface area contributed by atoms with Gasteiger partial charge in [0.2, 0.25) is 0 Å². The standard InChI is InChI=1S/C18H16OSSe/c1-20-17(12-13-19)18(14-15-8-4-2-5-9-15)21-16-10-6-3-7-11-16/h2-14H,1H3/b17-12-,18-14+. The van der Waals surface area contributed by atoms with Crippen molar-refractivity contribution in [1.29, 1.82) is 0 Å². The van der Waals surface area contributed by atoms with Gasteiger partial charge in [0.15, 0.2) is 0 Å².